The number of amides is 2. The van der Waals surface area contributed by atoms with Gasteiger partial charge in [-0.1, -0.05) is 19.9 Å². The Morgan fingerprint density at radius 3 is 2.40 bits per heavy atom. The van der Waals surface area contributed by atoms with Crippen molar-refractivity contribution in [3.8, 4) is 0 Å². The summed E-state index contributed by atoms with van der Waals surface area (Å²) in [5.74, 6) is -0.983. The lowest BCUT2D eigenvalue weighted by atomic mass is 9.93. The molecule has 0 aliphatic carbocycles. The minimum Gasteiger partial charge on any atom is -0.480 e. The highest BCUT2D eigenvalue weighted by molar-refractivity contribution is 7.09. The van der Waals surface area contributed by atoms with Gasteiger partial charge in [0, 0.05) is 11.4 Å². The zero-order valence-electron chi connectivity index (χ0n) is 12.2. The highest BCUT2D eigenvalue weighted by Crippen LogP contribution is 2.17. The summed E-state index contributed by atoms with van der Waals surface area (Å²) in [6.07, 6.45) is 0.724. The van der Waals surface area contributed by atoms with Gasteiger partial charge in [0.15, 0.2) is 0 Å². The Morgan fingerprint density at radius 1 is 1.35 bits per heavy atom. The van der Waals surface area contributed by atoms with Gasteiger partial charge in [-0.05, 0) is 31.2 Å². The van der Waals surface area contributed by atoms with Crippen LogP contribution in [-0.4, -0.2) is 34.1 Å². The molecule has 0 aliphatic rings. The minimum absolute atomic E-state index is 0.327. The van der Waals surface area contributed by atoms with E-state index in [0.717, 1.165) is 4.88 Å². The molecule has 20 heavy (non-hydrogen) atoms. The van der Waals surface area contributed by atoms with E-state index < -0.39 is 11.5 Å². The standard InChI is InChI=1S/C14H22N2O3S/c1-4-14(5-2,12(17)18)15-13(19)16(6-3)10-11-8-7-9-20-11/h7-9H,4-6,10H2,1-3H3,(H,15,19)(H,17,18). The Balaban J connectivity index is 2.78. The van der Waals surface area contributed by atoms with Gasteiger partial charge < -0.3 is 15.3 Å². The highest BCUT2D eigenvalue weighted by atomic mass is 32.1. The molecule has 0 saturated carbocycles. The van der Waals surface area contributed by atoms with Gasteiger partial charge in [-0.3, -0.25) is 0 Å². The first-order valence-electron chi connectivity index (χ1n) is 6.82. The lowest BCUT2D eigenvalue weighted by molar-refractivity contribution is -0.144. The Morgan fingerprint density at radius 2 is 2.00 bits per heavy atom. The Kier molecular flexibility index (Phi) is 6.01. The van der Waals surface area contributed by atoms with Crippen molar-refractivity contribution in [3.63, 3.8) is 0 Å². The van der Waals surface area contributed by atoms with Gasteiger partial charge in [-0.25, -0.2) is 9.59 Å². The summed E-state index contributed by atoms with van der Waals surface area (Å²) in [4.78, 5) is 26.4. The number of carboxylic acids is 1. The molecule has 0 saturated heterocycles. The van der Waals surface area contributed by atoms with Gasteiger partial charge in [-0.15, -0.1) is 11.3 Å². The molecule has 2 N–H and O–H groups in total. The van der Waals surface area contributed by atoms with Gasteiger partial charge in [-0.2, -0.15) is 0 Å². The zero-order valence-corrected chi connectivity index (χ0v) is 13.0. The van der Waals surface area contributed by atoms with Crippen LogP contribution in [0.5, 0.6) is 0 Å². The summed E-state index contributed by atoms with van der Waals surface area (Å²) in [5.41, 5.74) is -1.18. The third-order valence-corrected chi connectivity index (χ3v) is 4.42. The monoisotopic (exact) mass is 298 g/mol. The Bertz CT molecular complexity index is 441. The lowest BCUT2D eigenvalue weighted by Gasteiger charge is -2.31. The summed E-state index contributed by atoms with van der Waals surface area (Å²) < 4.78 is 0. The number of rotatable bonds is 7. The molecule has 112 valence electrons. The summed E-state index contributed by atoms with van der Waals surface area (Å²) in [6.45, 7) is 6.46. The lowest BCUT2D eigenvalue weighted by Crippen LogP contribution is -2.57. The highest BCUT2D eigenvalue weighted by Gasteiger charge is 2.37. The molecular weight excluding hydrogens is 276 g/mol. The second-order valence-electron chi connectivity index (χ2n) is 4.62. The van der Waals surface area contributed by atoms with E-state index in [1.807, 2.05) is 24.4 Å². The zero-order chi connectivity index (χ0) is 15.2. The van der Waals surface area contributed by atoms with Crippen molar-refractivity contribution in [2.45, 2.75) is 45.7 Å². The average molecular weight is 298 g/mol. The maximum absolute atomic E-state index is 12.3. The maximum Gasteiger partial charge on any atom is 0.329 e. The van der Waals surface area contributed by atoms with E-state index in [1.54, 1.807) is 30.1 Å². The molecule has 0 fully saturated rings. The quantitative estimate of drug-likeness (QED) is 0.813. The molecule has 1 aromatic rings. The first-order chi connectivity index (χ1) is 9.49. The number of nitrogens with one attached hydrogen (secondary N) is 1. The fraction of sp³-hybridized carbons (Fsp3) is 0.571. The molecule has 1 rings (SSSR count). The van der Waals surface area contributed by atoms with E-state index in [1.165, 1.54) is 0 Å². The van der Waals surface area contributed by atoms with Crippen molar-refractivity contribution in [1.82, 2.24) is 10.2 Å². The number of carboxylic acid groups (broad SMARTS) is 1. The van der Waals surface area contributed by atoms with Crippen LogP contribution in [0.15, 0.2) is 17.5 Å². The molecule has 0 spiro atoms. The number of aliphatic carboxylic acids is 1. The summed E-state index contributed by atoms with van der Waals surface area (Å²) in [7, 11) is 0. The van der Waals surface area contributed by atoms with Crippen LogP contribution in [-0.2, 0) is 11.3 Å². The van der Waals surface area contributed by atoms with Crippen molar-refractivity contribution < 1.29 is 14.7 Å². The number of urea groups is 1. The molecule has 0 unspecified atom stereocenters. The normalized spacial score (nSPS) is 11.2. The molecule has 0 aliphatic heterocycles. The summed E-state index contributed by atoms with van der Waals surface area (Å²) in [5, 5.41) is 14.0. The smallest absolute Gasteiger partial charge is 0.329 e. The van der Waals surface area contributed by atoms with Crippen molar-refractivity contribution >= 4 is 23.3 Å². The topological polar surface area (TPSA) is 69.6 Å². The van der Waals surface area contributed by atoms with E-state index in [0.29, 0.717) is 25.9 Å². The molecule has 0 bridgehead atoms. The van der Waals surface area contributed by atoms with E-state index in [-0.39, 0.29) is 6.03 Å². The number of thiophene rings is 1. The Hall–Kier alpha value is -1.56. The SMILES string of the molecule is CCN(Cc1cccs1)C(=O)NC(CC)(CC)C(=O)O. The first-order valence-corrected chi connectivity index (χ1v) is 7.69. The van der Waals surface area contributed by atoms with Crippen LogP contribution in [0.4, 0.5) is 4.79 Å². The fourth-order valence-corrected chi connectivity index (χ4v) is 2.70. The van der Waals surface area contributed by atoms with Gasteiger partial charge >= 0.3 is 12.0 Å². The molecule has 1 aromatic heterocycles. The van der Waals surface area contributed by atoms with Crippen LogP contribution in [0.1, 0.15) is 38.5 Å². The number of hydrogen-bond acceptors (Lipinski definition) is 3. The van der Waals surface area contributed by atoms with Crippen LogP contribution in [0, 0.1) is 0 Å². The molecule has 6 heteroatoms. The van der Waals surface area contributed by atoms with Crippen molar-refractivity contribution in [2.75, 3.05) is 6.54 Å². The van der Waals surface area contributed by atoms with Crippen LogP contribution in [0.3, 0.4) is 0 Å². The molecule has 1 heterocycles. The van der Waals surface area contributed by atoms with Crippen LogP contribution in [0.25, 0.3) is 0 Å². The van der Waals surface area contributed by atoms with E-state index in [4.69, 9.17) is 0 Å². The molecule has 0 atom stereocenters. The van der Waals surface area contributed by atoms with Crippen molar-refractivity contribution in [1.29, 1.82) is 0 Å². The van der Waals surface area contributed by atoms with Gasteiger partial charge in [0.1, 0.15) is 5.54 Å². The molecule has 5 nitrogen and oxygen atoms in total. The predicted molar refractivity (Wildman–Crippen MR) is 79.9 cm³/mol. The summed E-state index contributed by atoms with van der Waals surface area (Å²) >= 11 is 1.58. The second-order valence-corrected chi connectivity index (χ2v) is 5.65. The second kappa shape index (κ2) is 7.28. The van der Waals surface area contributed by atoms with Crippen LogP contribution in [0.2, 0.25) is 0 Å². The van der Waals surface area contributed by atoms with Gasteiger partial charge in [0.25, 0.3) is 0 Å². The third kappa shape index (κ3) is 3.72. The fourth-order valence-electron chi connectivity index (χ4n) is 1.98. The van der Waals surface area contributed by atoms with Crippen LogP contribution >= 0.6 is 11.3 Å². The largest absolute Gasteiger partial charge is 0.480 e. The Labute approximate surface area is 123 Å². The van der Waals surface area contributed by atoms with E-state index >= 15 is 0 Å². The van der Waals surface area contributed by atoms with Gasteiger partial charge in [0.2, 0.25) is 0 Å². The number of hydrogen-bond donors (Lipinski definition) is 2. The number of carbonyl (C=O) groups excluding carboxylic acids is 1. The molecular formula is C14H22N2O3S. The average Bonchev–Trinajstić information content (AvgIpc) is 2.94. The molecule has 2 amide bonds. The summed E-state index contributed by atoms with van der Waals surface area (Å²) in [6, 6.07) is 3.57. The minimum atomic E-state index is -1.18. The van der Waals surface area contributed by atoms with Gasteiger partial charge in [0.05, 0.1) is 6.54 Å². The number of nitrogens with zero attached hydrogens (tertiary/aromatic N) is 1. The van der Waals surface area contributed by atoms with E-state index in [2.05, 4.69) is 5.32 Å². The molecule has 0 radical (unpaired) electrons. The number of carbonyl (C=O) groups is 2. The van der Waals surface area contributed by atoms with Crippen molar-refractivity contribution in [3.05, 3.63) is 22.4 Å². The molecule has 0 aromatic carbocycles. The van der Waals surface area contributed by atoms with E-state index in [9.17, 15) is 14.7 Å². The maximum atomic E-state index is 12.3. The van der Waals surface area contributed by atoms with Crippen LogP contribution < -0.4 is 5.32 Å². The third-order valence-electron chi connectivity index (χ3n) is 3.56. The van der Waals surface area contributed by atoms with Crippen molar-refractivity contribution in [2.24, 2.45) is 0 Å². The first kappa shape index (κ1) is 16.5. The predicted octanol–water partition coefficient (Wildman–Crippen LogP) is 2.92.